The molecule has 0 aliphatic carbocycles. The van der Waals surface area contributed by atoms with Gasteiger partial charge in [-0.05, 0) is 17.7 Å². The van der Waals surface area contributed by atoms with Gasteiger partial charge in [0.25, 0.3) is 0 Å². The van der Waals surface area contributed by atoms with Crippen molar-refractivity contribution in [1.29, 1.82) is 0 Å². The van der Waals surface area contributed by atoms with Crippen LogP contribution in [0, 0.1) is 0 Å². The molecule has 3 aromatic rings. The summed E-state index contributed by atoms with van der Waals surface area (Å²) in [5.41, 5.74) is 1.18. The molecule has 0 atom stereocenters. The van der Waals surface area contributed by atoms with E-state index in [4.69, 9.17) is 9.63 Å². The first-order valence-corrected chi connectivity index (χ1v) is 6.41. The molecule has 0 aliphatic rings. The fraction of sp³-hybridized carbons (Fsp3) is 0. The van der Waals surface area contributed by atoms with Gasteiger partial charge >= 0.3 is 5.97 Å². The zero-order chi connectivity index (χ0) is 13.2. The van der Waals surface area contributed by atoms with Crippen LogP contribution in [0.2, 0.25) is 0 Å². The lowest BCUT2D eigenvalue weighted by Crippen LogP contribution is -1.94. The lowest BCUT2D eigenvalue weighted by Gasteiger charge is -1.95. The Balaban J connectivity index is 2.02. The second kappa shape index (κ2) is 4.70. The number of hydrogen-bond donors (Lipinski definition) is 1. The Morgan fingerprint density at radius 1 is 1.11 bits per heavy atom. The third kappa shape index (κ3) is 2.15. The van der Waals surface area contributed by atoms with Crippen molar-refractivity contribution in [3.8, 4) is 21.1 Å². The molecule has 1 N–H and O–H groups in total. The van der Waals surface area contributed by atoms with Gasteiger partial charge < -0.3 is 9.63 Å². The summed E-state index contributed by atoms with van der Waals surface area (Å²) in [4.78, 5) is 12.9. The average molecular weight is 271 g/mol. The van der Waals surface area contributed by atoms with E-state index in [1.807, 2.05) is 42.5 Å². The van der Waals surface area contributed by atoms with Crippen LogP contribution < -0.4 is 0 Å². The maximum Gasteiger partial charge on any atom is 0.341 e. The number of aromatic nitrogens is 1. The molecule has 0 amide bonds. The number of carboxylic acids is 1. The number of nitrogens with zero attached hydrogens (tertiary/aromatic N) is 1. The highest BCUT2D eigenvalue weighted by Gasteiger charge is 2.18. The van der Waals surface area contributed by atoms with Crippen LogP contribution >= 0.6 is 11.3 Å². The average Bonchev–Trinajstić information content (AvgIpc) is 3.08. The summed E-state index contributed by atoms with van der Waals surface area (Å²) in [5, 5.41) is 12.6. The molecule has 2 aromatic heterocycles. The van der Waals surface area contributed by atoms with Gasteiger partial charge in [0.1, 0.15) is 5.56 Å². The van der Waals surface area contributed by atoms with E-state index in [0.717, 1.165) is 15.3 Å². The van der Waals surface area contributed by atoms with Crippen molar-refractivity contribution in [1.82, 2.24) is 5.16 Å². The topological polar surface area (TPSA) is 63.3 Å². The maximum atomic E-state index is 11.0. The quantitative estimate of drug-likeness (QED) is 0.787. The lowest BCUT2D eigenvalue weighted by molar-refractivity contribution is 0.0697. The van der Waals surface area contributed by atoms with Crippen molar-refractivity contribution in [2.45, 2.75) is 0 Å². The summed E-state index contributed by atoms with van der Waals surface area (Å²) in [6.07, 6.45) is 1.22. The molecule has 2 heterocycles. The smallest absolute Gasteiger partial charge is 0.341 e. The summed E-state index contributed by atoms with van der Waals surface area (Å²) >= 11 is 1.48. The molecule has 0 unspecified atom stereocenters. The molecule has 0 saturated carbocycles. The molecule has 4 nitrogen and oxygen atoms in total. The van der Waals surface area contributed by atoms with Gasteiger partial charge in [-0.1, -0.05) is 35.5 Å². The predicted octanol–water partition coefficient (Wildman–Crippen LogP) is 3.77. The molecule has 94 valence electrons. The largest absolute Gasteiger partial charge is 0.477 e. The van der Waals surface area contributed by atoms with Crippen LogP contribution in [-0.4, -0.2) is 16.2 Å². The number of benzene rings is 1. The van der Waals surface area contributed by atoms with E-state index >= 15 is 0 Å². The van der Waals surface area contributed by atoms with Crippen molar-refractivity contribution in [3.63, 3.8) is 0 Å². The number of thiophene rings is 1. The number of aromatic carboxylic acids is 1. The minimum Gasteiger partial charge on any atom is -0.477 e. The van der Waals surface area contributed by atoms with Gasteiger partial charge in [-0.3, -0.25) is 0 Å². The molecule has 1 aromatic carbocycles. The molecule has 0 aliphatic heterocycles. The van der Waals surface area contributed by atoms with Crippen molar-refractivity contribution in [2.75, 3.05) is 0 Å². The molecule has 0 spiro atoms. The molecule has 3 rings (SSSR count). The van der Waals surface area contributed by atoms with Crippen molar-refractivity contribution < 1.29 is 14.4 Å². The first kappa shape index (κ1) is 11.7. The van der Waals surface area contributed by atoms with Gasteiger partial charge in [-0.2, -0.15) is 0 Å². The molecule has 0 fully saturated rings. The van der Waals surface area contributed by atoms with E-state index in [-0.39, 0.29) is 5.56 Å². The highest BCUT2D eigenvalue weighted by molar-refractivity contribution is 7.18. The Labute approximate surface area is 112 Å². The Kier molecular flexibility index (Phi) is 2.89. The lowest BCUT2D eigenvalue weighted by atomic mass is 10.2. The molecule has 0 radical (unpaired) electrons. The zero-order valence-electron chi connectivity index (χ0n) is 9.74. The van der Waals surface area contributed by atoms with Crippen molar-refractivity contribution in [3.05, 3.63) is 54.2 Å². The van der Waals surface area contributed by atoms with E-state index in [0.29, 0.717) is 5.76 Å². The Bertz CT molecular complexity index is 715. The Hall–Kier alpha value is -2.40. The minimum absolute atomic E-state index is 0.0847. The van der Waals surface area contributed by atoms with Gasteiger partial charge in [0.2, 0.25) is 0 Å². The summed E-state index contributed by atoms with van der Waals surface area (Å²) in [6, 6.07) is 13.7. The van der Waals surface area contributed by atoms with Crippen LogP contribution in [0.25, 0.3) is 21.1 Å². The fourth-order valence-corrected chi connectivity index (χ4v) is 2.79. The summed E-state index contributed by atoms with van der Waals surface area (Å²) < 4.78 is 5.04. The second-order valence-electron chi connectivity index (χ2n) is 3.90. The number of carbonyl (C=O) groups is 1. The van der Waals surface area contributed by atoms with E-state index in [1.54, 1.807) is 0 Å². The van der Waals surface area contributed by atoms with Gasteiger partial charge in [0.05, 0.1) is 11.1 Å². The van der Waals surface area contributed by atoms with E-state index < -0.39 is 5.97 Å². The normalized spacial score (nSPS) is 10.5. The van der Waals surface area contributed by atoms with Crippen LogP contribution in [0.4, 0.5) is 0 Å². The number of carboxylic acid groups (broad SMARTS) is 1. The first-order chi connectivity index (χ1) is 9.25. The molecular weight excluding hydrogens is 262 g/mol. The molecule has 19 heavy (non-hydrogen) atoms. The van der Waals surface area contributed by atoms with Crippen LogP contribution in [0.5, 0.6) is 0 Å². The first-order valence-electron chi connectivity index (χ1n) is 5.59. The molecule has 5 heteroatoms. The summed E-state index contributed by atoms with van der Waals surface area (Å²) in [5.74, 6) is -0.731. The Morgan fingerprint density at radius 3 is 2.58 bits per heavy atom. The second-order valence-corrected chi connectivity index (χ2v) is 4.99. The molecule has 0 saturated heterocycles. The third-order valence-electron chi connectivity index (χ3n) is 2.69. The highest BCUT2D eigenvalue weighted by atomic mass is 32.1. The van der Waals surface area contributed by atoms with Crippen molar-refractivity contribution >= 4 is 17.3 Å². The van der Waals surface area contributed by atoms with Gasteiger partial charge in [-0.15, -0.1) is 11.3 Å². The minimum atomic E-state index is -1.04. The number of hydrogen-bond acceptors (Lipinski definition) is 4. The van der Waals surface area contributed by atoms with Gasteiger partial charge in [0.15, 0.2) is 5.76 Å². The fourth-order valence-electron chi connectivity index (χ4n) is 1.79. The van der Waals surface area contributed by atoms with E-state index in [1.165, 1.54) is 17.5 Å². The maximum absolute atomic E-state index is 11.0. The highest BCUT2D eigenvalue weighted by Crippen LogP contribution is 2.35. The van der Waals surface area contributed by atoms with E-state index in [2.05, 4.69) is 5.16 Å². The summed E-state index contributed by atoms with van der Waals surface area (Å²) in [7, 11) is 0. The molecular formula is C14H9NO3S. The molecule has 0 bridgehead atoms. The van der Waals surface area contributed by atoms with Crippen LogP contribution in [0.15, 0.2) is 53.2 Å². The SMILES string of the molecule is O=C(O)c1cnoc1-c1ccc(-c2ccccc2)s1. The standard InChI is InChI=1S/C14H9NO3S/c16-14(17)10-8-15-18-13(10)12-7-6-11(19-12)9-4-2-1-3-5-9/h1-8H,(H,16,17). The third-order valence-corrected chi connectivity index (χ3v) is 3.82. The zero-order valence-corrected chi connectivity index (χ0v) is 10.6. The predicted molar refractivity (Wildman–Crippen MR) is 72.2 cm³/mol. The van der Waals surface area contributed by atoms with Crippen LogP contribution in [0.3, 0.4) is 0 Å². The van der Waals surface area contributed by atoms with Gasteiger partial charge in [0, 0.05) is 4.88 Å². The van der Waals surface area contributed by atoms with Crippen LogP contribution in [-0.2, 0) is 0 Å². The van der Waals surface area contributed by atoms with Crippen molar-refractivity contribution in [2.24, 2.45) is 0 Å². The van der Waals surface area contributed by atoms with E-state index in [9.17, 15) is 4.79 Å². The van der Waals surface area contributed by atoms with Crippen LogP contribution in [0.1, 0.15) is 10.4 Å². The summed E-state index contributed by atoms with van der Waals surface area (Å²) in [6.45, 7) is 0. The van der Waals surface area contributed by atoms with Gasteiger partial charge in [-0.25, -0.2) is 4.79 Å². The monoisotopic (exact) mass is 271 g/mol. The number of rotatable bonds is 3. The Morgan fingerprint density at radius 2 is 1.84 bits per heavy atom.